The molecule has 8 nitrogen and oxygen atoms in total. The number of cyclic esters (lactones) is 1. The van der Waals surface area contributed by atoms with Crippen LogP contribution in [0.3, 0.4) is 0 Å². The largest absolute Gasteiger partial charge is 0.449 e. The molecule has 1 aromatic carbocycles. The molecule has 4 amide bonds. The predicted molar refractivity (Wildman–Crippen MR) is 102 cm³/mol. The molecule has 4 rings (SSSR count). The number of ether oxygens (including phenoxy) is 1. The van der Waals surface area contributed by atoms with E-state index in [0.29, 0.717) is 38.9 Å². The minimum absolute atomic E-state index is 0.218. The van der Waals surface area contributed by atoms with Gasteiger partial charge in [0.15, 0.2) is 5.60 Å². The molecule has 3 saturated heterocycles. The Hall–Kier alpha value is -2.90. The van der Waals surface area contributed by atoms with E-state index in [9.17, 15) is 19.2 Å². The van der Waals surface area contributed by atoms with Crippen LogP contribution in [0.15, 0.2) is 30.3 Å². The molecule has 3 fully saturated rings. The third-order valence-electron chi connectivity index (χ3n) is 6.40. The molecule has 1 aromatic rings. The number of hydrogen-bond acceptors (Lipinski definition) is 5. The van der Waals surface area contributed by atoms with Gasteiger partial charge in [0.05, 0.1) is 0 Å². The summed E-state index contributed by atoms with van der Waals surface area (Å²) in [4.78, 5) is 54.7. The van der Waals surface area contributed by atoms with Crippen molar-refractivity contribution < 1.29 is 23.9 Å². The van der Waals surface area contributed by atoms with Gasteiger partial charge in [0, 0.05) is 39.5 Å². The average Bonchev–Trinajstić information content (AvgIpc) is 3.16. The molecule has 0 N–H and O–H groups in total. The molecule has 0 radical (unpaired) electrons. The number of hydrogen-bond donors (Lipinski definition) is 0. The number of piperidine rings is 1. The first-order valence-corrected chi connectivity index (χ1v) is 9.92. The standard InChI is InChI=1S/C21H25N3O5/c1-20(9-8-16(25)29-20)17(26)23-12-10-21(11-13-23)18(27)22(2)19(28)24(21)14-15-6-4-3-5-7-15/h3-7H,8-14H2,1-2H3. The van der Waals surface area contributed by atoms with E-state index in [0.717, 1.165) is 5.56 Å². The Morgan fingerprint density at radius 1 is 1.07 bits per heavy atom. The van der Waals surface area contributed by atoms with Crippen LogP contribution in [-0.2, 0) is 25.7 Å². The van der Waals surface area contributed by atoms with Crippen LogP contribution in [0, 0.1) is 0 Å². The highest BCUT2D eigenvalue weighted by Gasteiger charge is 2.58. The number of esters is 1. The summed E-state index contributed by atoms with van der Waals surface area (Å²) in [5.41, 5.74) is -1.12. The zero-order valence-electron chi connectivity index (χ0n) is 16.7. The number of benzene rings is 1. The maximum atomic E-state index is 13.0. The number of likely N-dealkylation sites (N-methyl/N-ethyl adjacent to an activating group) is 1. The van der Waals surface area contributed by atoms with E-state index < -0.39 is 11.1 Å². The molecule has 3 aliphatic rings. The van der Waals surface area contributed by atoms with Crippen molar-refractivity contribution in [2.45, 2.75) is 50.3 Å². The van der Waals surface area contributed by atoms with E-state index >= 15 is 0 Å². The van der Waals surface area contributed by atoms with E-state index in [2.05, 4.69) is 0 Å². The first-order valence-electron chi connectivity index (χ1n) is 9.92. The van der Waals surface area contributed by atoms with Crippen LogP contribution in [0.5, 0.6) is 0 Å². The molecule has 3 aliphatic heterocycles. The first kappa shape index (κ1) is 19.4. The van der Waals surface area contributed by atoms with Crippen molar-refractivity contribution in [3.8, 4) is 0 Å². The van der Waals surface area contributed by atoms with Crippen molar-refractivity contribution >= 4 is 23.8 Å². The molecular formula is C21H25N3O5. The lowest BCUT2D eigenvalue weighted by Crippen LogP contribution is -2.59. The van der Waals surface area contributed by atoms with Crippen LogP contribution in [0.25, 0.3) is 0 Å². The number of rotatable bonds is 3. The SMILES string of the molecule is CN1C(=O)N(Cc2ccccc2)C2(CCN(C(=O)C3(C)CCC(=O)O3)CC2)C1=O. The molecule has 1 unspecified atom stereocenters. The zero-order chi connectivity index (χ0) is 20.8. The summed E-state index contributed by atoms with van der Waals surface area (Å²) in [6, 6.07) is 9.26. The summed E-state index contributed by atoms with van der Waals surface area (Å²) >= 11 is 0. The van der Waals surface area contributed by atoms with Gasteiger partial charge >= 0.3 is 12.0 Å². The third kappa shape index (κ3) is 3.07. The van der Waals surface area contributed by atoms with Gasteiger partial charge < -0.3 is 14.5 Å². The molecule has 1 spiro atoms. The number of carbonyl (C=O) groups is 4. The van der Waals surface area contributed by atoms with Gasteiger partial charge in [-0.25, -0.2) is 4.79 Å². The Morgan fingerprint density at radius 2 is 1.72 bits per heavy atom. The van der Waals surface area contributed by atoms with Gasteiger partial charge in [-0.2, -0.15) is 0 Å². The number of likely N-dealkylation sites (tertiary alicyclic amines) is 1. The maximum Gasteiger partial charge on any atom is 0.327 e. The van der Waals surface area contributed by atoms with Crippen molar-refractivity contribution in [2.75, 3.05) is 20.1 Å². The summed E-state index contributed by atoms with van der Waals surface area (Å²) in [7, 11) is 1.51. The van der Waals surface area contributed by atoms with E-state index in [4.69, 9.17) is 4.74 Å². The van der Waals surface area contributed by atoms with Gasteiger partial charge in [0.1, 0.15) is 5.54 Å². The highest BCUT2D eigenvalue weighted by Crippen LogP contribution is 2.39. The molecular weight excluding hydrogens is 374 g/mol. The van der Waals surface area contributed by atoms with Gasteiger partial charge in [0.25, 0.3) is 11.8 Å². The Bertz CT molecular complexity index is 862. The van der Waals surface area contributed by atoms with Crippen molar-refractivity contribution in [1.29, 1.82) is 0 Å². The summed E-state index contributed by atoms with van der Waals surface area (Å²) in [6.45, 7) is 2.66. The van der Waals surface area contributed by atoms with Crippen LogP contribution in [0.1, 0.15) is 38.2 Å². The summed E-state index contributed by atoms with van der Waals surface area (Å²) < 4.78 is 5.27. The normalized spacial score (nSPS) is 26.4. The highest BCUT2D eigenvalue weighted by molar-refractivity contribution is 6.07. The zero-order valence-corrected chi connectivity index (χ0v) is 16.7. The molecule has 0 aliphatic carbocycles. The van der Waals surface area contributed by atoms with Crippen LogP contribution in [0.2, 0.25) is 0 Å². The van der Waals surface area contributed by atoms with Gasteiger partial charge in [-0.15, -0.1) is 0 Å². The van der Waals surface area contributed by atoms with E-state index in [-0.39, 0.29) is 30.2 Å². The smallest absolute Gasteiger partial charge is 0.327 e. The van der Waals surface area contributed by atoms with Crippen LogP contribution >= 0.6 is 0 Å². The Balaban J connectivity index is 1.53. The monoisotopic (exact) mass is 399 g/mol. The fraction of sp³-hybridized carbons (Fsp3) is 0.524. The quantitative estimate of drug-likeness (QED) is 0.568. The Labute approximate surface area is 169 Å². The molecule has 8 heteroatoms. The van der Waals surface area contributed by atoms with Gasteiger partial charge in [-0.3, -0.25) is 19.3 Å². The fourth-order valence-corrected chi connectivity index (χ4v) is 4.61. The second-order valence-corrected chi connectivity index (χ2v) is 8.25. The summed E-state index contributed by atoms with van der Waals surface area (Å²) in [6.07, 6.45) is 1.34. The van der Waals surface area contributed by atoms with Crippen molar-refractivity contribution in [3.05, 3.63) is 35.9 Å². The fourth-order valence-electron chi connectivity index (χ4n) is 4.61. The van der Waals surface area contributed by atoms with Crippen LogP contribution in [0.4, 0.5) is 4.79 Å². The van der Waals surface area contributed by atoms with Crippen molar-refractivity contribution in [1.82, 2.24) is 14.7 Å². The Morgan fingerprint density at radius 3 is 2.31 bits per heavy atom. The molecule has 0 bridgehead atoms. The number of imide groups is 1. The van der Waals surface area contributed by atoms with E-state index in [1.54, 1.807) is 16.7 Å². The van der Waals surface area contributed by atoms with Crippen LogP contribution in [-0.4, -0.2) is 69.8 Å². The minimum Gasteiger partial charge on any atom is -0.449 e. The highest BCUT2D eigenvalue weighted by atomic mass is 16.6. The van der Waals surface area contributed by atoms with E-state index in [1.807, 2.05) is 30.3 Å². The van der Waals surface area contributed by atoms with Gasteiger partial charge in [-0.1, -0.05) is 30.3 Å². The number of nitrogens with zero attached hydrogens (tertiary/aromatic N) is 3. The second kappa shape index (κ2) is 6.86. The molecule has 0 saturated carbocycles. The second-order valence-electron chi connectivity index (χ2n) is 8.25. The van der Waals surface area contributed by atoms with Crippen molar-refractivity contribution in [2.24, 2.45) is 0 Å². The average molecular weight is 399 g/mol. The number of urea groups is 1. The number of amides is 4. The molecule has 1 atom stereocenters. The lowest BCUT2D eigenvalue weighted by Gasteiger charge is -2.43. The van der Waals surface area contributed by atoms with E-state index in [1.165, 1.54) is 11.9 Å². The molecule has 154 valence electrons. The molecule has 0 aromatic heterocycles. The lowest BCUT2D eigenvalue weighted by molar-refractivity contribution is -0.164. The minimum atomic E-state index is -1.13. The van der Waals surface area contributed by atoms with Gasteiger partial charge in [0.2, 0.25) is 0 Å². The summed E-state index contributed by atoms with van der Waals surface area (Å²) in [5, 5.41) is 0. The molecule has 3 heterocycles. The lowest BCUT2D eigenvalue weighted by atomic mass is 9.84. The Kier molecular flexibility index (Phi) is 4.59. The number of carbonyl (C=O) groups excluding carboxylic acids is 4. The maximum absolute atomic E-state index is 13.0. The third-order valence-corrected chi connectivity index (χ3v) is 6.40. The van der Waals surface area contributed by atoms with Gasteiger partial charge in [-0.05, 0) is 25.3 Å². The molecule has 29 heavy (non-hydrogen) atoms. The predicted octanol–water partition coefficient (Wildman–Crippen LogP) is 1.54. The first-order chi connectivity index (χ1) is 13.8. The van der Waals surface area contributed by atoms with Crippen molar-refractivity contribution in [3.63, 3.8) is 0 Å². The summed E-state index contributed by atoms with van der Waals surface area (Å²) in [5.74, 6) is -0.802. The van der Waals surface area contributed by atoms with Crippen LogP contribution < -0.4 is 0 Å². The topological polar surface area (TPSA) is 87.2 Å².